The third-order valence-corrected chi connectivity index (χ3v) is 7.00. The predicted octanol–water partition coefficient (Wildman–Crippen LogP) is 1.11. The molecule has 0 aromatic heterocycles. The maximum Gasteiger partial charge on any atom is 0.212 e. The molecule has 1 saturated heterocycles. The normalized spacial score (nSPS) is 35.0. The highest BCUT2D eigenvalue weighted by Crippen LogP contribution is 2.51. The molecule has 2 saturated carbocycles. The molecule has 0 aromatic rings. The summed E-state index contributed by atoms with van der Waals surface area (Å²) in [7, 11) is -3.14. The quantitative estimate of drug-likeness (QED) is 0.738. The van der Waals surface area contributed by atoms with Crippen LogP contribution in [0.3, 0.4) is 0 Å². The number of nitrogens with one attached hydrogen (secondary N) is 2. The summed E-state index contributed by atoms with van der Waals surface area (Å²) >= 11 is 0. The van der Waals surface area contributed by atoms with E-state index in [1.807, 2.05) is 0 Å². The lowest BCUT2D eigenvalue weighted by Crippen LogP contribution is -2.66. The Bertz CT molecular complexity index is 473. The minimum absolute atomic E-state index is 0.115. The van der Waals surface area contributed by atoms with Crippen LogP contribution in [0.5, 0.6) is 0 Å². The van der Waals surface area contributed by atoms with Crippen molar-refractivity contribution < 1.29 is 13.2 Å². The van der Waals surface area contributed by atoms with Crippen LogP contribution in [0.25, 0.3) is 0 Å². The van der Waals surface area contributed by atoms with Crippen molar-refractivity contribution in [1.82, 2.24) is 10.0 Å². The summed E-state index contributed by atoms with van der Waals surface area (Å²) in [4.78, 5) is 0. The second-order valence-electron chi connectivity index (χ2n) is 7.46. The highest BCUT2D eigenvalue weighted by molar-refractivity contribution is 7.89. The van der Waals surface area contributed by atoms with Gasteiger partial charge in [0.05, 0.1) is 11.9 Å². The first-order valence-electron chi connectivity index (χ1n) is 8.22. The second kappa shape index (κ2) is 5.80. The first-order valence-corrected chi connectivity index (χ1v) is 9.88. The molecule has 1 aliphatic heterocycles. The zero-order chi connectivity index (χ0) is 15.1. The predicted molar refractivity (Wildman–Crippen MR) is 82.5 cm³/mol. The van der Waals surface area contributed by atoms with Crippen LogP contribution in [-0.4, -0.2) is 46.0 Å². The van der Waals surface area contributed by atoms with Crippen molar-refractivity contribution in [1.29, 1.82) is 0 Å². The van der Waals surface area contributed by atoms with Crippen molar-refractivity contribution >= 4 is 10.0 Å². The Morgan fingerprint density at radius 1 is 1.24 bits per heavy atom. The molecule has 21 heavy (non-hydrogen) atoms. The van der Waals surface area contributed by atoms with Crippen molar-refractivity contribution in [2.45, 2.75) is 51.7 Å². The Kier molecular flexibility index (Phi) is 4.34. The molecular weight excluding hydrogens is 288 g/mol. The lowest BCUT2D eigenvalue weighted by Gasteiger charge is -2.55. The minimum atomic E-state index is -3.14. The third kappa shape index (κ3) is 3.14. The lowest BCUT2D eigenvalue weighted by atomic mass is 9.57. The lowest BCUT2D eigenvalue weighted by molar-refractivity contribution is -0.111. The molecule has 122 valence electrons. The smallest absolute Gasteiger partial charge is 0.212 e. The monoisotopic (exact) mass is 316 g/mol. The van der Waals surface area contributed by atoms with Gasteiger partial charge in [-0.25, -0.2) is 13.1 Å². The molecule has 0 aromatic carbocycles. The van der Waals surface area contributed by atoms with E-state index < -0.39 is 10.0 Å². The van der Waals surface area contributed by atoms with Crippen LogP contribution in [0.15, 0.2) is 0 Å². The van der Waals surface area contributed by atoms with E-state index in [1.165, 1.54) is 19.3 Å². The first-order chi connectivity index (χ1) is 9.90. The van der Waals surface area contributed by atoms with E-state index in [2.05, 4.69) is 23.9 Å². The van der Waals surface area contributed by atoms with Gasteiger partial charge in [-0.05, 0) is 25.2 Å². The summed E-state index contributed by atoms with van der Waals surface area (Å²) < 4.78 is 32.5. The minimum Gasteiger partial charge on any atom is -0.377 e. The number of ether oxygens (including phenoxy) is 1. The molecule has 0 unspecified atom stereocenters. The van der Waals surface area contributed by atoms with Crippen LogP contribution >= 0.6 is 0 Å². The summed E-state index contributed by atoms with van der Waals surface area (Å²) in [5.74, 6) is 1.30. The zero-order valence-electron chi connectivity index (χ0n) is 13.1. The van der Waals surface area contributed by atoms with Gasteiger partial charge in [0.1, 0.15) is 0 Å². The molecule has 0 amide bonds. The Balaban J connectivity index is 1.41. The maximum absolute atomic E-state index is 12.0. The van der Waals surface area contributed by atoms with Gasteiger partial charge in [-0.3, -0.25) is 0 Å². The number of hydrogen-bond acceptors (Lipinski definition) is 4. The molecule has 6 heteroatoms. The number of hydrogen-bond donors (Lipinski definition) is 2. The number of sulfonamides is 1. The molecule has 3 fully saturated rings. The topological polar surface area (TPSA) is 67.4 Å². The second-order valence-corrected chi connectivity index (χ2v) is 9.39. The third-order valence-electron chi connectivity index (χ3n) is 5.65. The molecule has 3 aliphatic rings. The molecule has 3 rings (SSSR count). The summed E-state index contributed by atoms with van der Waals surface area (Å²) in [5, 5.41) is 3.45. The van der Waals surface area contributed by atoms with E-state index in [9.17, 15) is 8.42 Å². The zero-order valence-corrected chi connectivity index (χ0v) is 13.9. The molecule has 1 heterocycles. The van der Waals surface area contributed by atoms with Crippen LogP contribution in [0, 0.1) is 17.3 Å². The Hall–Kier alpha value is -0.170. The first kappa shape index (κ1) is 15.7. The van der Waals surface area contributed by atoms with Crippen LogP contribution in [0.2, 0.25) is 0 Å². The van der Waals surface area contributed by atoms with Crippen molar-refractivity contribution in [3.8, 4) is 0 Å². The molecular formula is C15H28N2O3S. The van der Waals surface area contributed by atoms with E-state index in [0.717, 1.165) is 13.0 Å². The van der Waals surface area contributed by atoms with Crippen LogP contribution in [-0.2, 0) is 14.8 Å². The van der Waals surface area contributed by atoms with E-state index in [0.29, 0.717) is 37.1 Å². The Morgan fingerprint density at radius 3 is 2.67 bits per heavy atom. The van der Waals surface area contributed by atoms with Crippen molar-refractivity contribution in [3.05, 3.63) is 0 Å². The molecule has 0 radical (unpaired) electrons. The summed E-state index contributed by atoms with van der Waals surface area (Å²) in [6.45, 7) is 6.41. The molecule has 0 bridgehead atoms. The summed E-state index contributed by atoms with van der Waals surface area (Å²) in [5.41, 5.74) is 0.115. The van der Waals surface area contributed by atoms with Gasteiger partial charge in [0.25, 0.3) is 0 Å². The average Bonchev–Trinajstić information content (AvgIpc) is 2.79. The summed E-state index contributed by atoms with van der Waals surface area (Å²) in [6, 6.07) is 0.381. The Morgan fingerprint density at radius 2 is 2.00 bits per heavy atom. The number of fused-ring (bicyclic) bond motifs is 1. The van der Waals surface area contributed by atoms with Gasteiger partial charge in [0, 0.05) is 37.1 Å². The fourth-order valence-electron chi connectivity index (χ4n) is 4.10. The number of rotatable bonds is 7. The average molecular weight is 316 g/mol. The van der Waals surface area contributed by atoms with Crippen molar-refractivity contribution in [3.63, 3.8) is 0 Å². The Labute approximate surface area is 128 Å². The van der Waals surface area contributed by atoms with Crippen molar-refractivity contribution in [2.75, 3.05) is 25.4 Å². The largest absolute Gasteiger partial charge is 0.377 e. The van der Waals surface area contributed by atoms with Gasteiger partial charge in [0.2, 0.25) is 10.0 Å². The van der Waals surface area contributed by atoms with E-state index in [1.54, 1.807) is 0 Å². The van der Waals surface area contributed by atoms with E-state index >= 15 is 0 Å². The highest BCUT2D eigenvalue weighted by atomic mass is 32.2. The highest BCUT2D eigenvalue weighted by Gasteiger charge is 2.58. The molecule has 0 spiro atoms. The van der Waals surface area contributed by atoms with Gasteiger partial charge in [-0.1, -0.05) is 20.3 Å². The van der Waals surface area contributed by atoms with Gasteiger partial charge in [-0.2, -0.15) is 0 Å². The van der Waals surface area contributed by atoms with Crippen LogP contribution in [0.1, 0.15) is 39.5 Å². The molecule has 3 atom stereocenters. The van der Waals surface area contributed by atoms with Gasteiger partial charge in [-0.15, -0.1) is 0 Å². The molecule has 5 nitrogen and oxygen atoms in total. The summed E-state index contributed by atoms with van der Waals surface area (Å²) in [6.07, 6.45) is 5.02. The SMILES string of the molecule is CC1(C)[C@H](NCCS(=O)(=O)NCC2CCC2)[C@H]2CCO[C@@H]21. The van der Waals surface area contributed by atoms with Crippen molar-refractivity contribution in [2.24, 2.45) is 17.3 Å². The van der Waals surface area contributed by atoms with E-state index in [-0.39, 0.29) is 11.2 Å². The molecule has 2 aliphatic carbocycles. The maximum atomic E-state index is 12.0. The van der Waals surface area contributed by atoms with E-state index in [4.69, 9.17) is 4.74 Å². The molecule has 2 N–H and O–H groups in total. The fourth-order valence-corrected chi connectivity index (χ4v) is 5.12. The van der Waals surface area contributed by atoms with Crippen LogP contribution in [0.4, 0.5) is 0 Å². The van der Waals surface area contributed by atoms with Crippen LogP contribution < -0.4 is 10.0 Å². The van der Waals surface area contributed by atoms with Gasteiger partial charge >= 0.3 is 0 Å². The fraction of sp³-hybridized carbons (Fsp3) is 1.00. The standard InChI is InChI=1S/C15H28N2O3S/c1-15(2)13(12-6-8-20-14(12)15)16-7-9-21(18,19)17-10-11-4-3-5-11/h11-14,16-17H,3-10H2,1-2H3/t12-,13-,14+/m1/s1. The van der Waals surface area contributed by atoms with Gasteiger partial charge < -0.3 is 10.1 Å². The van der Waals surface area contributed by atoms with Gasteiger partial charge in [0.15, 0.2) is 0 Å².